The molecule has 0 aromatic rings. The lowest BCUT2D eigenvalue weighted by Gasteiger charge is -2.35. The predicted molar refractivity (Wildman–Crippen MR) is 62.2 cm³/mol. The van der Waals surface area contributed by atoms with Crippen LogP contribution in [0, 0.1) is 0 Å². The van der Waals surface area contributed by atoms with Crippen molar-refractivity contribution >= 4 is 5.91 Å². The highest BCUT2D eigenvalue weighted by Crippen LogP contribution is 2.29. The summed E-state index contributed by atoms with van der Waals surface area (Å²) < 4.78 is 5.17. The Morgan fingerprint density at radius 2 is 2.00 bits per heavy atom. The maximum absolute atomic E-state index is 11.8. The summed E-state index contributed by atoms with van der Waals surface area (Å²) in [5.74, 6) is 0.119. The predicted octanol–water partition coefficient (Wildman–Crippen LogP) is 0.764. The van der Waals surface area contributed by atoms with Crippen LogP contribution in [0.4, 0.5) is 0 Å². The molecule has 1 amide bonds. The maximum atomic E-state index is 11.8. The molecule has 4 heteroatoms. The first-order valence-corrected chi connectivity index (χ1v) is 6.30. The fourth-order valence-electron chi connectivity index (χ4n) is 2.84. The van der Waals surface area contributed by atoms with Crippen molar-refractivity contribution in [3.63, 3.8) is 0 Å². The summed E-state index contributed by atoms with van der Waals surface area (Å²) in [6.07, 6.45) is 4.75. The van der Waals surface area contributed by atoms with Gasteiger partial charge in [0.2, 0.25) is 5.91 Å². The highest BCUT2D eigenvalue weighted by Gasteiger charge is 2.36. The van der Waals surface area contributed by atoms with Crippen molar-refractivity contribution in [2.75, 3.05) is 20.3 Å². The van der Waals surface area contributed by atoms with Gasteiger partial charge in [0, 0.05) is 31.8 Å². The molecule has 0 aromatic carbocycles. The Balaban J connectivity index is 1.84. The zero-order valence-corrected chi connectivity index (χ0v) is 10.2. The molecular formula is C12H22N2O2. The number of hydrogen-bond donors (Lipinski definition) is 1. The lowest BCUT2D eigenvalue weighted by atomic mass is 9.98. The molecule has 2 saturated heterocycles. The summed E-state index contributed by atoms with van der Waals surface area (Å²) in [5.41, 5.74) is 0. The molecule has 4 nitrogen and oxygen atoms in total. The fourth-order valence-corrected chi connectivity index (χ4v) is 2.84. The third-order valence-corrected chi connectivity index (χ3v) is 3.82. The van der Waals surface area contributed by atoms with Gasteiger partial charge in [0.05, 0.1) is 0 Å². The molecule has 2 aliphatic rings. The van der Waals surface area contributed by atoms with E-state index in [0.29, 0.717) is 24.7 Å². The second-order valence-electron chi connectivity index (χ2n) is 4.90. The summed E-state index contributed by atoms with van der Waals surface area (Å²) >= 11 is 0. The van der Waals surface area contributed by atoms with Gasteiger partial charge in [0.15, 0.2) is 0 Å². The number of nitrogens with one attached hydrogen (secondary N) is 1. The van der Waals surface area contributed by atoms with E-state index in [0.717, 1.165) is 12.8 Å². The number of hydrogen-bond acceptors (Lipinski definition) is 3. The first kappa shape index (κ1) is 11.9. The molecule has 0 spiro atoms. The molecule has 0 saturated carbocycles. The van der Waals surface area contributed by atoms with Gasteiger partial charge in [-0.15, -0.1) is 0 Å². The van der Waals surface area contributed by atoms with Gasteiger partial charge < -0.3 is 15.0 Å². The second-order valence-corrected chi connectivity index (χ2v) is 4.90. The van der Waals surface area contributed by atoms with E-state index in [2.05, 4.69) is 5.32 Å². The van der Waals surface area contributed by atoms with Crippen molar-refractivity contribution in [1.82, 2.24) is 10.2 Å². The standard InChI is InChI=1S/C12H22N2O2/c1-3-16-8-12(15)14(2)11-6-9-4-5-10(7-11)13-9/h9-11,13H,3-8H2,1-2H3. The largest absolute Gasteiger partial charge is 0.372 e. The molecule has 2 rings (SSSR count). The van der Waals surface area contributed by atoms with E-state index in [1.807, 2.05) is 18.9 Å². The molecule has 0 radical (unpaired) electrons. The third-order valence-electron chi connectivity index (χ3n) is 3.82. The second kappa shape index (κ2) is 5.15. The van der Waals surface area contributed by atoms with Crippen LogP contribution in [0.5, 0.6) is 0 Å². The topological polar surface area (TPSA) is 41.6 Å². The highest BCUT2D eigenvalue weighted by atomic mass is 16.5. The molecular weight excluding hydrogens is 204 g/mol. The number of ether oxygens (including phenoxy) is 1. The average Bonchev–Trinajstić information content (AvgIpc) is 2.64. The fraction of sp³-hybridized carbons (Fsp3) is 0.917. The van der Waals surface area contributed by atoms with Gasteiger partial charge in [0.1, 0.15) is 6.61 Å². The monoisotopic (exact) mass is 226 g/mol. The van der Waals surface area contributed by atoms with Crippen LogP contribution in [0.25, 0.3) is 0 Å². The van der Waals surface area contributed by atoms with Crippen molar-refractivity contribution < 1.29 is 9.53 Å². The van der Waals surface area contributed by atoms with Gasteiger partial charge >= 0.3 is 0 Å². The van der Waals surface area contributed by atoms with Crippen LogP contribution in [0.2, 0.25) is 0 Å². The minimum absolute atomic E-state index is 0.119. The Bertz CT molecular complexity index is 245. The molecule has 2 aliphatic heterocycles. The van der Waals surface area contributed by atoms with Crippen molar-refractivity contribution in [2.24, 2.45) is 0 Å². The van der Waals surface area contributed by atoms with Crippen LogP contribution in [-0.4, -0.2) is 49.2 Å². The first-order valence-electron chi connectivity index (χ1n) is 6.30. The molecule has 92 valence electrons. The normalized spacial score (nSPS) is 32.8. The molecule has 2 bridgehead atoms. The summed E-state index contributed by atoms with van der Waals surface area (Å²) in [5, 5.41) is 3.59. The van der Waals surface area contributed by atoms with Crippen LogP contribution in [-0.2, 0) is 9.53 Å². The number of carbonyl (C=O) groups is 1. The van der Waals surface area contributed by atoms with E-state index in [4.69, 9.17) is 4.74 Å². The van der Waals surface area contributed by atoms with Crippen LogP contribution >= 0.6 is 0 Å². The van der Waals surface area contributed by atoms with E-state index < -0.39 is 0 Å². The molecule has 16 heavy (non-hydrogen) atoms. The molecule has 1 N–H and O–H groups in total. The summed E-state index contributed by atoms with van der Waals surface area (Å²) in [7, 11) is 1.91. The van der Waals surface area contributed by atoms with Gasteiger partial charge in [-0.25, -0.2) is 0 Å². The highest BCUT2D eigenvalue weighted by molar-refractivity contribution is 5.77. The quantitative estimate of drug-likeness (QED) is 0.769. The van der Waals surface area contributed by atoms with Gasteiger partial charge in [-0.05, 0) is 32.6 Å². The Morgan fingerprint density at radius 1 is 1.38 bits per heavy atom. The number of nitrogens with zero attached hydrogens (tertiary/aromatic N) is 1. The number of rotatable bonds is 4. The summed E-state index contributed by atoms with van der Waals surface area (Å²) in [4.78, 5) is 13.7. The van der Waals surface area contributed by atoms with E-state index in [-0.39, 0.29) is 12.5 Å². The molecule has 2 heterocycles. The number of fused-ring (bicyclic) bond motifs is 2. The number of likely N-dealkylation sites (N-methyl/N-ethyl adjacent to an activating group) is 1. The Hall–Kier alpha value is -0.610. The van der Waals surface area contributed by atoms with E-state index in [1.165, 1.54) is 12.8 Å². The van der Waals surface area contributed by atoms with Gasteiger partial charge in [-0.2, -0.15) is 0 Å². The van der Waals surface area contributed by atoms with Crippen LogP contribution in [0.15, 0.2) is 0 Å². The van der Waals surface area contributed by atoms with Gasteiger partial charge in [-0.1, -0.05) is 0 Å². The zero-order chi connectivity index (χ0) is 11.5. The minimum atomic E-state index is 0.119. The molecule has 2 fully saturated rings. The van der Waals surface area contributed by atoms with Crippen molar-refractivity contribution in [3.05, 3.63) is 0 Å². The van der Waals surface area contributed by atoms with E-state index in [9.17, 15) is 4.79 Å². The number of piperidine rings is 1. The Labute approximate surface area is 97.3 Å². The number of carbonyl (C=O) groups excluding carboxylic acids is 1. The average molecular weight is 226 g/mol. The lowest BCUT2D eigenvalue weighted by molar-refractivity contribution is -0.137. The summed E-state index contributed by atoms with van der Waals surface area (Å²) in [6.45, 7) is 2.75. The SMILES string of the molecule is CCOCC(=O)N(C)C1CC2CCC(C1)N2. The van der Waals surface area contributed by atoms with Crippen molar-refractivity contribution in [1.29, 1.82) is 0 Å². The first-order chi connectivity index (χ1) is 7.70. The Morgan fingerprint density at radius 3 is 2.56 bits per heavy atom. The zero-order valence-electron chi connectivity index (χ0n) is 10.2. The van der Waals surface area contributed by atoms with Crippen molar-refractivity contribution in [2.45, 2.75) is 50.7 Å². The van der Waals surface area contributed by atoms with E-state index >= 15 is 0 Å². The molecule has 2 unspecified atom stereocenters. The third kappa shape index (κ3) is 2.55. The molecule has 0 aliphatic carbocycles. The van der Waals surface area contributed by atoms with Crippen LogP contribution < -0.4 is 5.32 Å². The lowest BCUT2D eigenvalue weighted by Crippen LogP contribution is -2.49. The van der Waals surface area contributed by atoms with Crippen LogP contribution in [0.1, 0.15) is 32.6 Å². The maximum Gasteiger partial charge on any atom is 0.248 e. The van der Waals surface area contributed by atoms with E-state index in [1.54, 1.807) is 0 Å². The smallest absolute Gasteiger partial charge is 0.248 e. The van der Waals surface area contributed by atoms with Gasteiger partial charge in [-0.3, -0.25) is 4.79 Å². The molecule has 0 aromatic heterocycles. The van der Waals surface area contributed by atoms with Crippen LogP contribution in [0.3, 0.4) is 0 Å². The summed E-state index contributed by atoms with van der Waals surface area (Å²) in [6, 6.07) is 1.67. The minimum Gasteiger partial charge on any atom is -0.372 e. The Kier molecular flexibility index (Phi) is 3.82. The number of amides is 1. The van der Waals surface area contributed by atoms with Gasteiger partial charge in [0.25, 0.3) is 0 Å². The molecule has 2 atom stereocenters. The van der Waals surface area contributed by atoms with Crippen molar-refractivity contribution in [3.8, 4) is 0 Å².